The van der Waals surface area contributed by atoms with Crippen LogP contribution >= 0.6 is 0 Å². The molecule has 0 saturated carbocycles. The summed E-state index contributed by atoms with van der Waals surface area (Å²) in [6.07, 6.45) is 0. The van der Waals surface area contributed by atoms with E-state index in [9.17, 15) is 17.6 Å². The molecule has 0 heterocycles. The molecule has 2 aromatic rings. The molecule has 22 heavy (non-hydrogen) atoms. The monoisotopic (exact) mass is 317 g/mol. The van der Waals surface area contributed by atoms with Crippen LogP contribution in [0.2, 0.25) is 0 Å². The van der Waals surface area contributed by atoms with Crippen molar-refractivity contribution in [2.24, 2.45) is 0 Å². The zero-order chi connectivity index (χ0) is 16.2. The van der Waals surface area contributed by atoms with Crippen LogP contribution in [-0.2, 0) is 15.6 Å². The van der Waals surface area contributed by atoms with E-state index in [4.69, 9.17) is 5.26 Å². The Bertz CT molecular complexity index is 836. The standard InChI is InChI=1S/C16H12FNO3S/c17-15-6-4-14(5-7-15)16(19)11-22(20,21)10-13-3-1-2-12(8-13)9-18/h1-8H,10-11H2. The highest BCUT2D eigenvalue weighted by atomic mass is 32.2. The SMILES string of the molecule is N#Cc1cccc(CS(=O)(=O)CC(=O)c2ccc(F)cc2)c1. The molecule has 0 aromatic heterocycles. The molecule has 0 aliphatic carbocycles. The number of nitriles is 1. The molecule has 4 nitrogen and oxygen atoms in total. The first-order valence-electron chi connectivity index (χ1n) is 6.38. The van der Waals surface area contributed by atoms with Crippen LogP contribution in [0.3, 0.4) is 0 Å². The van der Waals surface area contributed by atoms with Crippen LogP contribution in [-0.4, -0.2) is 20.0 Å². The van der Waals surface area contributed by atoms with E-state index in [1.807, 2.05) is 6.07 Å². The lowest BCUT2D eigenvalue weighted by molar-refractivity contribution is 0.102. The highest BCUT2D eigenvalue weighted by molar-refractivity contribution is 7.91. The van der Waals surface area contributed by atoms with Gasteiger partial charge in [-0.15, -0.1) is 0 Å². The topological polar surface area (TPSA) is 75.0 Å². The summed E-state index contributed by atoms with van der Waals surface area (Å²) in [6, 6.07) is 12.9. The Hall–Kier alpha value is -2.52. The molecule has 2 aromatic carbocycles. The highest BCUT2D eigenvalue weighted by Gasteiger charge is 2.19. The first-order chi connectivity index (χ1) is 10.4. The summed E-state index contributed by atoms with van der Waals surface area (Å²) < 4.78 is 36.9. The van der Waals surface area contributed by atoms with Gasteiger partial charge in [0.05, 0.1) is 17.4 Å². The van der Waals surface area contributed by atoms with E-state index < -0.39 is 27.2 Å². The highest BCUT2D eigenvalue weighted by Crippen LogP contribution is 2.11. The molecule has 0 atom stereocenters. The van der Waals surface area contributed by atoms with E-state index in [1.54, 1.807) is 18.2 Å². The third-order valence-corrected chi connectivity index (χ3v) is 4.44. The molecule has 2 rings (SSSR count). The van der Waals surface area contributed by atoms with Gasteiger partial charge in [0.25, 0.3) is 0 Å². The number of rotatable bonds is 5. The maximum absolute atomic E-state index is 12.8. The van der Waals surface area contributed by atoms with Crippen molar-refractivity contribution in [3.63, 3.8) is 0 Å². The van der Waals surface area contributed by atoms with Gasteiger partial charge in [0.1, 0.15) is 11.6 Å². The van der Waals surface area contributed by atoms with Gasteiger partial charge in [0.2, 0.25) is 0 Å². The Labute approximate surface area is 127 Å². The van der Waals surface area contributed by atoms with Crippen molar-refractivity contribution in [3.05, 3.63) is 71.0 Å². The zero-order valence-corrected chi connectivity index (χ0v) is 12.3. The normalized spacial score (nSPS) is 10.9. The summed E-state index contributed by atoms with van der Waals surface area (Å²) in [5.41, 5.74) is 0.958. The van der Waals surface area contributed by atoms with Crippen LogP contribution in [0.1, 0.15) is 21.5 Å². The minimum atomic E-state index is -3.67. The lowest BCUT2D eigenvalue weighted by Crippen LogP contribution is -2.18. The number of nitrogens with zero attached hydrogens (tertiary/aromatic N) is 1. The molecule has 0 aliphatic heterocycles. The number of carbonyl (C=O) groups excluding carboxylic acids is 1. The summed E-state index contributed by atoms with van der Waals surface area (Å²) in [7, 11) is -3.67. The lowest BCUT2D eigenvalue weighted by atomic mass is 10.1. The second-order valence-electron chi connectivity index (χ2n) is 4.77. The van der Waals surface area contributed by atoms with E-state index in [0.29, 0.717) is 11.1 Å². The van der Waals surface area contributed by atoms with E-state index in [2.05, 4.69) is 0 Å². The molecular weight excluding hydrogens is 305 g/mol. The molecule has 0 radical (unpaired) electrons. The van der Waals surface area contributed by atoms with Crippen molar-refractivity contribution in [2.75, 3.05) is 5.75 Å². The van der Waals surface area contributed by atoms with Gasteiger partial charge in [0, 0.05) is 5.56 Å². The maximum Gasteiger partial charge on any atom is 0.177 e. The maximum atomic E-state index is 12.8. The number of hydrogen-bond donors (Lipinski definition) is 0. The molecule has 0 aliphatic rings. The Morgan fingerprint density at radius 1 is 1.14 bits per heavy atom. The van der Waals surface area contributed by atoms with E-state index in [-0.39, 0.29) is 11.3 Å². The molecule has 0 spiro atoms. The molecule has 6 heteroatoms. The predicted molar refractivity (Wildman–Crippen MR) is 79.4 cm³/mol. The number of carbonyl (C=O) groups is 1. The van der Waals surface area contributed by atoms with Crippen molar-refractivity contribution in [1.82, 2.24) is 0 Å². The minimum absolute atomic E-state index is 0.149. The number of ketones is 1. The van der Waals surface area contributed by atoms with E-state index >= 15 is 0 Å². The van der Waals surface area contributed by atoms with Crippen molar-refractivity contribution >= 4 is 15.6 Å². The van der Waals surface area contributed by atoms with Gasteiger partial charge in [0.15, 0.2) is 15.6 Å². The van der Waals surface area contributed by atoms with Gasteiger partial charge in [-0.2, -0.15) is 5.26 Å². The summed E-state index contributed by atoms with van der Waals surface area (Å²) in [6.45, 7) is 0. The molecule has 0 saturated heterocycles. The Morgan fingerprint density at radius 3 is 2.45 bits per heavy atom. The average Bonchev–Trinajstić information content (AvgIpc) is 2.47. The van der Waals surface area contributed by atoms with Crippen LogP contribution in [0.15, 0.2) is 48.5 Å². The molecule has 112 valence electrons. The fourth-order valence-electron chi connectivity index (χ4n) is 1.95. The second kappa shape index (κ2) is 6.50. The molecule has 0 unspecified atom stereocenters. The van der Waals surface area contributed by atoms with Crippen LogP contribution < -0.4 is 0 Å². The Balaban J connectivity index is 2.12. The van der Waals surface area contributed by atoms with Crippen molar-refractivity contribution in [2.45, 2.75) is 5.75 Å². The summed E-state index contributed by atoms with van der Waals surface area (Å²) in [5.74, 6) is -2.06. The molecule has 0 N–H and O–H groups in total. The number of halogens is 1. The van der Waals surface area contributed by atoms with Crippen LogP contribution in [0.25, 0.3) is 0 Å². The first kappa shape index (κ1) is 15.9. The molecule has 0 amide bonds. The van der Waals surface area contributed by atoms with Crippen LogP contribution in [0, 0.1) is 17.1 Å². The predicted octanol–water partition coefficient (Wildman–Crippen LogP) is 2.50. The minimum Gasteiger partial charge on any atom is -0.293 e. The van der Waals surface area contributed by atoms with Crippen molar-refractivity contribution in [3.8, 4) is 6.07 Å². The lowest BCUT2D eigenvalue weighted by Gasteiger charge is -2.05. The van der Waals surface area contributed by atoms with E-state index in [0.717, 1.165) is 12.1 Å². The van der Waals surface area contributed by atoms with Gasteiger partial charge in [-0.1, -0.05) is 12.1 Å². The smallest absolute Gasteiger partial charge is 0.177 e. The largest absolute Gasteiger partial charge is 0.293 e. The second-order valence-corrected chi connectivity index (χ2v) is 6.84. The van der Waals surface area contributed by atoms with Crippen LogP contribution in [0.5, 0.6) is 0 Å². The van der Waals surface area contributed by atoms with Crippen molar-refractivity contribution in [1.29, 1.82) is 5.26 Å². The third-order valence-electron chi connectivity index (χ3n) is 2.96. The average molecular weight is 317 g/mol. The van der Waals surface area contributed by atoms with Gasteiger partial charge >= 0.3 is 0 Å². The van der Waals surface area contributed by atoms with Crippen molar-refractivity contribution < 1.29 is 17.6 Å². The quantitative estimate of drug-likeness (QED) is 0.794. The fourth-order valence-corrected chi connectivity index (χ4v) is 3.31. The summed E-state index contributed by atoms with van der Waals surface area (Å²) >= 11 is 0. The summed E-state index contributed by atoms with van der Waals surface area (Å²) in [5, 5.41) is 8.79. The number of Topliss-reactive ketones (excluding diaryl/α,β-unsaturated/α-hetero) is 1. The first-order valence-corrected chi connectivity index (χ1v) is 8.20. The van der Waals surface area contributed by atoms with Crippen LogP contribution in [0.4, 0.5) is 4.39 Å². The third kappa shape index (κ3) is 4.24. The molecule has 0 fully saturated rings. The van der Waals surface area contributed by atoms with Gasteiger partial charge in [-0.05, 0) is 42.0 Å². The number of sulfone groups is 1. The fraction of sp³-hybridized carbons (Fsp3) is 0.125. The molecule has 0 bridgehead atoms. The van der Waals surface area contributed by atoms with Gasteiger partial charge in [-0.3, -0.25) is 4.79 Å². The summed E-state index contributed by atoms with van der Waals surface area (Å²) in [4.78, 5) is 11.9. The van der Waals surface area contributed by atoms with Gasteiger partial charge < -0.3 is 0 Å². The number of hydrogen-bond acceptors (Lipinski definition) is 4. The Kier molecular flexibility index (Phi) is 4.68. The van der Waals surface area contributed by atoms with Gasteiger partial charge in [-0.25, -0.2) is 12.8 Å². The zero-order valence-electron chi connectivity index (χ0n) is 11.5. The Morgan fingerprint density at radius 2 is 1.82 bits per heavy atom. The number of benzene rings is 2. The molecular formula is C16H12FNO3S. The van der Waals surface area contributed by atoms with E-state index in [1.165, 1.54) is 18.2 Å².